The standard InChI is InChI=1S/C27H33FN4O2/c1-32(18-21-5-3-2-4-6-21)19-26-15-25(31-34-26)13-23-17-29-12-11-22(23)14-27(33)30-16-20-7-9-24(28)10-8-20/h2-10,15,22-23,29H,11-14,16-19H2,1H3,(H,30,33). The third kappa shape index (κ3) is 7.23. The van der Waals surface area contributed by atoms with E-state index in [0.717, 1.165) is 49.5 Å². The Kier molecular flexibility index (Phi) is 8.44. The Bertz CT molecular complexity index is 1040. The molecule has 2 N–H and O–H groups in total. The van der Waals surface area contributed by atoms with Gasteiger partial charge >= 0.3 is 0 Å². The number of halogens is 1. The van der Waals surface area contributed by atoms with Crippen molar-refractivity contribution in [1.82, 2.24) is 20.7 Å². The topological polar surface area (TPSA) is 70.4 Å². The first kappa shape index (κ1) is 24.1. The van der Waals surface area contributed by atoms with Crippen LogP contribution < -0.4 is 10.6 Å². The molecule has 180 valence electrons. The highest BCUT2D eigenvalue weighted by atomic mass is 19.1. The van der Waals surface area contributed by atoms with Gasteiger partial charge in [-0.25, -0.2) is 4.39 Å². The normalized spacial score (nSPS) is 18.2. The fraction of sp³-hybridized carbons (Fsp3) is 0.407. The number of rotatable bonds is 10. The van der Waals surface area contributed by atoms with E-state index in [1.54, 1.807) is 12.1 Å². The molecule has 1 aliphatic rings. The summed E-state index contributed by atoms with van der Waals surface area (Å²) in [5, 5.41) is 10.7. The van der Waals surface area contributed by atoms with E-state index in [1.165, 1.54) is 17.7 Å². The Hall–Kier alpha value is -3.03. The monoisotopic (exact) mass is 464 g/mol. The second kappa shape index (κ2) is 11.9. The summed E-state index contributed by atoms with van der Waals surface area (Å²) in [7, 11) is 2.07. The molecule has 1 saturated heterocycles. The number of nitrogens with zero attached hydrogens (tertiary/aromatic N) is 2. The number of piperidine rings is 1. The summed E-state index contributed by atoms with van der Waals surface area (Å²) in [4.78, 5) is 14.8. The van der Waals surface area contributed by atoms with Crippen molar-refractivity contribution in [3.8, 4) is 0 Å². The molecule has 0 radical (unpaired) electrons. The van der Waals surface area contributed by atoms with Gasteiger partial charge in [-0.1, -0.05) is 47.6 Å². The van der Waals surface area contributed by atoms with E-state index in [1.807, 2.05) is 24.3 Å². The van der Waals surface area contributed by atoms with Crippen LogP contribution in [-0.4, -0.2) is 36.1 Å². The molecule has 2 atom stereocenters. The van der Waals surface area contributed by atoms with E-state index in [9.17, 15) is 9.18 Å². The molecule has 2 aromatic carbocycles. The second-order valence-electron chi connectivity index (χ2n) is 9.27. The molecular formula is C27H33FN4O2. The van der Waals surface area contributed by atoms with Crippen molar-refractivity contribution in [1.29, 1.82) is 0 Å². The minimum Gasteiger partial charge on any atom is -0.360 e. The SMILES string of the molecule is CN(Cc1ccccc1)Cc1cc(CC2CNCCC2CC(=O)NCc2ccc(F)cc2)no1. The van der Waals surface area contributed by atoms with Crippen LogP contribution >= 0.6 is 0 Å². The predicted octanol–water partition coefficient (Wildman–Crippen LogP) is 3.92. The molecule has 1 aromatic heterocycles. The van der Waals surface area contributed by atoms with Gasteiger partial charge in [-0.05, 0) is 68.1 Å². The molecule has 2 heterocycles. The summed E-state index contributed by atoms with van der Waals surface area (Å²) in [6.07, 6.45) is 2.23. The van der Waals surface area contributed by atoms with E-state index in [2.05, 4.69) is 39.9 Å². The Balaban J connectivity index is 1.26. The van der Waals surface area contributed by atoms with Crippen LogP contribution in [0, 0.1) is 17.7 Å². The largest absolute Gasteiger partial charge is 0.360 e. The zero-order valence-electron chi connectivity index (χ0n) is 19.7. The van der Waals surface area contributed by atoms with E-state index in [-0.39, 0.29) is 17.6 Å². The highest BCUT2D eigenvalue weighted by Gasteiger charge is 2.28. The molecule has 1 amide bonds. The fourth-order valence-electron chi connectivity index (χ4n) is 4.61. The Morgan fingerprint density at radius 1 is 1.12 bits per heavy atom. The van der Waals surface area contributed by atoms with Gasteiger partial charge in [-0.15, -0.1) is 0 Å². The molecule has 1 aliphatic heterocycles. The molecule has 3 aromatic rings. The van der Waals surface area contributed by atoms with Crippen LogP contribution in [0.5, 0.6) is 0 Å². The van der Waals surface area contributed by atoms with Gasteiger partial charge in [0.2, 0.25) is 5.91 Å². The van der Waals surface area contributed by atoms with Gasteiger partial charge in [0.15, 0.2) is 5.76 Å². The lowest BCUT2D eigenvalue weighted by Crippen LogP contribution is -2.40. The maximum absolute atomic E-state index is 13.1. The summed E-state index contributed by atoms with van der Waals surface area (Å²) in [5.74, 6) is 1.22. The summed E-state index contributed by atoms with van der Waals surface area (Å²) >= 11 is 0. The average molecular weight is 465 g/mol. The molecule has 4 rings (SSSR count). The first-order valence-corrected chi connectivity index (χ1v) is 11.9. The Morgan fingerprint density at radius 2 is 1.91 bits per heavy atom. The van der Waals surface area contributed by atoms with Crippen molar-refractivity contribution < 1.29 is 13.7 Å². The molecule has 0 spiro atoms. The summed E-state index contributed by atoms with van der Waals surface area (Å²) in [5.41, 5.74) is 3.09. The first-order chi connectivity index (χ1) is 16.5. The van der Waals surface area contributed by atoms with Crippen molar-refractivity contribution in [2.45, 2.75) is 38.9 Å². The highest BCUT2D eigenvalue weighted by molar-refractivity contribution is 5.76. The number of hydrogen-bond acceptors (Lipinski definition) is 5. The van der Waals surface area contributed by atoms with Gasteiger partial charge < -0.3 is 15.2 Å². The van der Waals surface area contributed by atoms with Crippen molar-refractivity contribution in [3.05, 3.63) is 89.1 Å². The van der Waals surface area contributed by atoms with Gasteiger partial charge in [0, 0.05) is 25.6 Å². The predicted molar refractivity (Wildman–Crippen MR) is 129 cm³/mol. The first-order valence-electron chi connectivity index (χ1n) is 11.9. The summed E-state index contributed by atoms with van der Waals surface area (Å²) < 4.78 is 18.7. The molecule has 1 fully saturated rings. The maximum atomic E-state index is 13.1. The molecule has 34 heavy (non-hydrogen) atoms. The molecule has 0 bridgehead atoms. The average Bonchev–Trinajstić information content (AvgIpc) is 3.27. The van der Waals surface area contributed by atoms with E-state index < -0.39 is 0 Å². The number of benzene rings is 2. The number of hydrogen-bond donors (Lipinski definition) is 2. The molecule has 7 heteroatoms. The number of carbonyl (C=O) groups excluding carboxylic acids is 1. The van der Waals surface area contributed by atoms with Crippen LogP contribution in [0.4, 0.5) is 4.39 Å². The van der Waals surface area contributed by atoms with E-state index in [0.29, 0.717) is 25.4 Å². The zero-order valence-corrected chi connectivity index (χ0v) is 19.7. The van der Waals surface area contributed by atoms with E-state index in [4.69, 9.17) is 4.52 Å². The lowest BCUT2D eigenvalue weighted by atomic mass is 9.81. The summed E-state index contributed by atoms with van der Waals surface area (Å²) in [6.45, 7) is 3.74. The lowest BCUT2D eigenvalue weighted by Gasteiger charge is -2.31. The van der Waals surface area contributed by atoms with Crippen LogP contribution in [0.25, 0.3) is 0 Å². The number of aromatic nitrogens is 1. The third-order valence-electron chi connectivity index (χ3n) is 6.42. The van der Waals surface area contributed by atoms with Gasteiger partial charge in [0.05, 0.1) is 12.2 Å². The quantitative estimate of drug-likeness (QED) is 0.476. The van der Waals surface area contributed by atoms with Gasteiger partial charge in [0.25, 0.3) is 0 Å². The minimum atomic E-state index is -0.272. The lowest BCUT2D eigenvalue weighted by molar-refractivity contribution is -0.122. The maximum Gasteiger partial charge on any atom is 0.220 e. The smallest absolute Gasteiger partial charge is 0.220 e. The fourth-order valence-corrected chi connectivity index (χ4v) is 4.61. The van der Waals surface area contributed by atoms with Crippen LogP contribution in [0.1, 0.15) is 35.4 Å². The van der Waals surface area contributed by atoms with Crippen LogP contribution in [0.15, 0.2) is 65.2 Å². The summed E-state index contributed by atoms with van der Waals surface area (Å²) in [6, 6.07) is 18.6. The second-order valence-corrected chi connectivity index (χ2v) is 9.27. The van der Waals surface area contributed by atoms with Crippen molar-refractivity contribution in [3.63, 3.8) is 0 Å². The molecule has 6 nitrogen and oxygen atoms in total. The molecule has 2 unspecified atom stereocenters. The number of amides is 1. The zero-order chi connectivity index (χ0) is 23.8. The van der Waals surface area contributed by atoms with Crippen LogP contribution in [0.2, 0.25) is 0 Å². The van der Waals surface area contributed by atoms with E-state index >= 15 is 0 Å². The Morgan fingerprint density at radius 3 is 2.71 bits per heavy atom. The van der Waals surface area contributed by atoms with Crippen LogP contribution in [-0.2, 0) is 30.8 Å². The van der Waals surface area contributed by atoms with Gasteiger partial charge in [-0.3, -0.25) is 9.69 Å². The number of carbonyl (C=O) groups is 1. The van der Waals surface area contributed by atoms with Crippen LogP contribution in [0.3, 0.4) is 0 Å². The van der Waals surface area contributed by atoms with Crippen molar-refractivity contribution >= 4 is 5.91 Å². The third-order valence-corrected chi connectivity index (χ3v) is 6.42. The molecular weight excluding hydrogens is 431 g/mol. The highest BCUT2D eigenvalue weighted by Crippen LogP contribution is 2.26. The van der Waals surface area contributed by atoms with Crippen molar-refractivity contribution in [2.24, 2.45) is 11.8 Å². The Labute approximate surface area is 200 Å². The number of nitrogens with one attached hydrogen (secondary N) is 2. The molecule has 0 aliphatic carbocycles. The van der Waals surface area contributed by atoms with Crippen molar-refractivity contribution in [2.75, 3.05) is 20.1 Å². The minimum absolute atomic E-state index is 0.0320. The molecule has 0 saturated carbocycles. The van der Waals surface area contributed by atoms with Gasteiger partial charge in [-0.2, -0.15) is 0 Å². The van der Waals surface area contributed by atoms with Gasteiger partial charge in [0.1, 0.15) is 5.82 Å².